The van der Waals surface area contributed by atoms with Gasteiger partial charge in [-0.15, -0.1) is 0 Å². The molecule has 0 radical (unpaired) electrons. The Morgan fingerprint density at radius 2 is 2.14 bits per heavy atom. The van der Waals surface area contributed by atoms with E-state index >= 15 is 0 Å². The quantitative estimate of drug-likeness (QED) is 0.686. The monoisotopic (exact) mass is 335 g/mol. The molecule has 7 heteroatoms. The number of aromatic nitrogens is 3. The number of esters is 1. The molecule has 3 aromatic rings. The predicted molar refractivity (Wildman–Crippen MR) is 84.4 cm³/mol. The van der Waals surface area contributed by atoms with Crippen LogP contribution in [0.15, 0.2) is 36.7 Å². The molecule has 0 spiro atoms. The lowest BCUT2D eigenvalue weighted by Gasteiger charge is -2.06. The summed E-state index contributed by atoms with van der Waals surface area (Å²) in [5, 5.41) is 6.08. The zero-order chi connectivity index (χ0) is 15.7. The lowest BCUT2D eigenvalue weighted by Crippen LogP contribution is -2.06. The van der Waals surface area contributed by atoms with Crippen LogP contribution in [0, 0.1) is 0 Å². The Morgan fingerprint density at radius 1 is 1.32 bits per heavy atom. The number of benzene rings is 1. The van der Waals surface area contributed by atoms with Crippen molar-refractivity contribution in [3.8, 4) is 0 Å². The molecule has 0 fully saturated rings. The van der Waals surface area contributed by atoms with E-state index in [4.69, 9.17) is 27.9 Å². The molecular weight excluding hydrogens is 325 g/mol. The third-order valence-electron chi connectivity index (χ3n) is 3.27. The van der Waals surface area contributed by atoms with Crippen LogP contribution in [0.25, 0.3) is 10.9 Å². The first kappa shape index (κ1) is 14.8. The van der Waals surface area contributed by atoms with Crippen molar-refractivity contribution in [2.45, 2.75) is 6.54 Å². The number of halogens is 2. The molecule has 0 unspecified atom stereocenters. The summed E-state index contributed by atoms with van der Waals surface area (Å²) in [6.07, 6.45) is 3.24. The second kappa shape index (κ2) is 5.94. The molecule has 0 aliphatic heterocycles. The number of hydrogen-bond acceptors (Lipinski definition) is 4. The summed E-state index contributed by atoms with van der Waals surface area (Å²) >= 11 is 12.1. The Hall–Kier alpha value is -2.11. The fourth-order valence-corrected chi connectivity index (χ4v) is 2.67. The number of carbonyl (C=O) groups is 1. The number of pyridine rings is 1. The molecule has 0 amide bonds. The van der Waals surface area contributed by atoms with E-state index in [1.165, 1.54) is 7.11 Å². The zero-order valence-electron chi connectivity index (χ0n) is 11.6. The smallest absolute Gasteiger partial charge is 0.359 e. The Kier molecular flexibility index (Phi) is 4.00. The van der Waals surface area contributed by atoms with Crippen molar-refractivity contribution < 1.29 is 9.53 Å². The second-order valence-electron chi connectivity index (χ2n) is 4.63. The van der Waals surface area contributed by atoms with Crippen molar-refractivity contribution in [2.75, 3.05) is 7.11 Å². The first-order valence-corrected chi connectivity index (χ1v) is 7.18. The van der Waals surface area contributed by atoms with Crippen molar-refractivity contribution in [1.82, 2.24) is 14.8 Å². The molecule has 1 aromatic carbocycles. The Balaban J connectivity index is 2.09. The van der Waals surface area contributed by atoms with Crippen molar-refractivity contribution in [2.24, 2.45) is 0 Å². The SMILES string of the molecule is COC(=O)c1nn(Cc2ccc(Cl)cc2Cl)c2ccncc12. The molecule has 0 atom stereocenters. The maximum absolute atomic E-state index is 11.8. The molecule has 112 valence electrons. The number of nitrogens with zero attached hydrogens (tertiary/aromatic N) is 3. The van der Waals surface area contributed by atoms with Crippen LogP contribution in [0.1, 0.15) is 16.1 Å². The molecule has 2 heterocycles. The van der Waals surface area contributed by atoms with Crippen LogP contribution in [0.5, 0.6) is 0 Å². The van der Waals surface area contributed by atoms with Crippen molar-refractivity contribution in [3.63, 3.8) is 0 Å². The Bertz CT molecular complexity index is 861. The van der Waals surface area contributed by atoms with E-state index in [-0.39, 0.29) is 5.69 Å². The van der Waals surface area contributed by atoms with E-state index in [1.807, 2.05) is 6.07 Å². The minimum atomic E-state index is -0.501. The molecular formula is C15H11Cl2N3O2. The van der Waals surface area contributed by atoms with E-state index in [9.17, 15) is 4.79 Å². The van der Waals surface area contributed by atoms with Crippen LogP contribution in [-0.2, 0) is 11.3 Å². The molecule has 0 saturated carbocycles. The number of hydrogen-bond donors (Lipinski definition) is 0. The molecule has 0 N–H and O–H groups in total. The maximum Gasteiger partial charge on any atom is 0.359 e. The van der Waals surface area contributed by atoms with E-state index in [1.54, 1.807) is 35.3 Å². The standard InChI is InChI=1S/C15H11Cl2N3O2/c1-22-15(21)14-11-7-18-5-4-13(11)20(19-14)8-9-2-3-10(16)6-12(9)17/h2-7H,8H2,1H3. The number of rotatable bonds is 3. The summed E-state index contributed by atoms with van der Waals surface area (Å²) in [7, 11) is 1.32. The highest BCUT2D eigenvalue weighted by molar-refractivity contribution is 6.35. The average molecular weight is 336 g/mol. The number of fused-ring (bicyclic) bond motifs is 1. The minimum absolute atomic E-state index is 0.232. The molecule has 5 nitrogen and oxygen atoms in total. The van der Waals surface area contributed by atoms with Crippen molar-refractivity contribution in [1.29, 1.82) is 0 Å². The van der Waals surface area contributed by atoms with Gasteiger partial charge in [0, 0.05) is 22.4 Å². The lowest BCUT2D eigenvalue weighted by molar-refractivity contribution is 0.0595. The van der Waals surface area contributed by atoms with Crippen LogP contribution in [0.3, 0.4) is 0 Å². The van der Waals surface area contributed by atoms with Gasteiger partial charge in [-0.25, -0.2) is 4.79 Å². The molecule has 0 aliphatic carbocycles. The molecule has 2 aromatic heterocycles. The summed E-state index contributed by atoms with van der Waals surface area (Å²) in [5.41, 5.74) is 1.86. The summed E-state index contributed by atoms with van der Waals surface area (Å²) in [4.78, 5) is 15.9. The maximum atomic E-state index is 11.8. The van der Waals surface area contributed by atoms with E-state index in [2.05, 4.69) is 10.1 Å². The number of methoxy groups -OCH3 is 1. The molecule has 3 rings (SSSR count). The third-order valence-corrected chi connectivity index (χ3v) is 3.85. The van der Waals surface area contributed by atoms with Gasteiger partial charge in [0.2, 0.25) is 0 Å². The lowest BCUT2D eigenvalue weighted by atomic mass is 10.2. The van der Waals surface area contributed by atoms with Gasteiger partial charge in [0.25, 0.3) is 0 Å². The highest BCUT2D eigenvalue weighted by atomic mass is 35.5. The Morgan fingerprint density at radius 3 is 2.86 bits per heavy atom. The van der Waals surface area contributed by atoms with Gasteiger partial charge in [-0.1, -0.05) is 29.3 Å². The highest BCUT2D eigenvalue weighted by Crippen LogP contribution is 2.24. The molecule has 0 bridgehead atoms. The summed E-state index contributed by atoms with van der Waals surface area (Å²) in [6, 6.07) is 7.06. The second-order valence-corrected chi connectivity index (χ2v) is 5.47. The summed E-state index contributed by atoms with van der Waals surface area (Å²) in [5.74, 6) is -0.501. The van der Waals surface area contributed by atoms with Crippen LogP contribution in [0.4, 0.5) is 0 Å². The topological polar surface area (TPSA) is 57.0 Å². The van der Waals surface area contributed by atoms with Gasteiger partial charge < -0.3 is 4.74 Å². The van der Waals surface area contributed by atoms with Gasteiger partial charge in [-0.05, 0) is 23.8 Å². The van der Waals surface area contributed by atoms with Crippen molar-refractivity contribution in [3.05, 3.63) is 58.0 Å². The van der Waals surface area contributed by atoms with Gasteiger partial charge in [-0.3, -0.25) is 9.67 Å². The first-order chi connectivity index (χ1) is 10.6. The first-order valence-electron chi connectivity index (χ1n) is 6.43. The average Bonchev–Trinajstić information content (AvgIpc) is 2.88. The van der Waals surface area contributed by atoms with Crippen LogP contribution in [-0.4, -0.2) is 27.8 Å². The Labute approximate surface area is 136 Å². The van der Waals surface area contributed by atoms with Gasteiger partial charge in [0.15, 0.2) is 5.69 Å². The van der Waals surface area contributed by atoms with Crippen LogP contribution < -0.4 is 0 Å². The minimum Gasteiger partial charge on any atom is -0.464 e. The summed E-state index contributed by atoms with van der Waals surface area (Å²) in [6.45, 7) is 0.410. The molecule has 0 aliphatic rings. The summed E-state index contributed by atoms with van der Waals surface area (Å²) < 4.78 is 6.45. The number of carbonyl (C=O) groups excluding carboxylic acids is 1. The fourth-order valence-electron chi connectivity index (χ4n) is 2.20. The highest BCUT2D eigenvalue weighted by Gasteiger charge is 2.18. The van der Waals surface area contributed by atoms with Gasteiger partial charge in [0.1, 0.15) is 0 Å². The van der Waals surface area contributed by atoms with Gasteiger partial charge in [0.05, 0.1) is 24.6 Å². The van der Waals surface area contributed by atoms with Gasteiger partial charge in [-0.2, -0.15) is 5.10 Å². The number of ether oxygens (including phenoxy) is 1. The van der Waals surface area contributed by atoms with E-state index < -0.39 is 5.97 Å². The largest absolute Gasteiger partial charge is 0.464 e. The van der Waals surface area contributed by atoms with Crippen LogP contribution >= 0.6 is 23.2 Å². The molecule has 0 saturated heterocycles. The van der Waals surface area contributed by atoms with Gasteiger partial charge >= 0.3 is 5.97 Å². The predicted octanol–water partition coefficient (Wildman–Crippen LogP) is 3.57. The zero-order valence-corrected chi connectivity index (χ0v) is 13.1. The van der Waals surface area contributed by atoms with E-state index in [0.717, 1.165) is 11.1 Å². The third kappa shape index (κ3) is 2.65. The normalized spacial score (nSPS) is 10.9. The molecule has 22 heavy (non-hydrogen) atoms. The van der Waals surface area contributed by atoms with E-state index in [0.29, 0.717) is 22.0 Å². The van der Waals surface area contributed by atoms with Crippen LogP contribution in [0.2, 0.25) is 10.0 Å². The fraction of sp³-hybridized carbons (Fsp3) is 0.133. The van der Waals surface area contributed by atoms with Crippen molar-refractivity contribution >= 4 is 40.1 Å².